The van der Waals surface area contributed by atoms with Gasteiger partial charge in [0.25, 0.3) is 0 Å². The van der Waals surface area contributed by atoms with Gasteiger partial charge in [0.05, 0.1) is 5.69 Å². The first-order chi connectivity index (χ1) is 20.0. The van der Waals surface area contributed by atoms with Crippen molar-refractivity contribution in [2.75, 3.05) is 28.2 Å². The van der Waals surface area contributed by atoms with E-state index in [1.54, 1.807) is 0 Å². The maximum atomic E-state index is 5.49. The number of allylic oxidation sites excluding steroid dienone is 1. The molecule has 41 heavy (non-hydrogen) atoms. The third-order valence-electron chi connectivity index (χ3n) is 7.09. The molecule has 0 spiro atoms. The first kappa shape index (κ1) is 28.1. The van der Waals surface area contributed by atoms with Crippen LogP contribution in [0.25, 0.3) is 0 Å². The van der Waals surface area contributed by atoms with Gasteiger partial charge in [0.1, 0.15) is 21.6 Å². The summed E-state index contributed by atoms with van der Waals surface area (Å²) >= 11 is 0. The summed E-state index contributed by atoms with van der Waals surface area (Å²) in [7, 11) is 6.02. The van der Waals surface area contributed by atoms with Crippen molar-refractivity contribution in [1.82, 2.24) is 9.80 Å². The van der Waals surface area contributed by atoms with Crippen molar-refractivity contribution in [2.45, 2.75) is 0 Å². The Morgan fingerprint density at radius 1 is 0.463 bits per heavy atom. The van der Waals surface area contributed by atoms with Crippen LogP contribution in [0.3, 0.4) is 0 Å². The Hall–Kier alpha value is -4.46. The van der Waals surface area contributed by atoms with E-state index in [-0.39, 0.29) is 0 Å². The first-order valence-corrected chi connectivity index (χ1v) is 15.7. The fourth-order valence-electron chi connectivity index (χ4n) is 5.51. The minimum atomic E-state index is -2.52. The molecule has 0 aliphatic heterocycles. The SMILES string of the molecule is CN(C)C(=C(C(=Nc1ccccc1)c1ccccc1)[P+](c1ccccc1)(c1ccccc1)c1ccccc1)N(C)C. The van der Waals surface area contributed by atoms with Gasteiger partial charge in [-0.2, -0.15) is 0 Å². The van der Waals surface area contributed by atoms with E-state index in [4.69, 9.17) is 4.99 Å². The second-order valence-electron chi connectivity index (χ2n) is 10.3. The molecule has 0 amide bonds. The Morgan fingerprint density at radius 2 is 0.805 bits per heavy atom. The highest BCUT2D eigenvalue weighted by molar-refractivity contribution is 7.99. The number of hydrogen-bond donors (Lipinski definition) is 0. The van der Waals surface area contributed by atoms with Crippen LogP contribution >= 0.6 is 7.26 Å². The fourth-order valence-corrected chi connectivity index (χ4v) is 10.2. The summed E-state index contributed by atoms with van der Waals surface area (Å²) in [4.78, 5) is 9.97. The van der Waals surface area contributed by atoms with E-state index in [1.807, 2.05) is 6.07 Å². The lowest BCUT2D eigenvalue weighted by Crippen LogP contribution is -2.39. The zero-order valence-electron chi connectivity index (χ0n) is 24.2. The number of benzene rings is 5. The van der Waals surface area contributed by atoms with Gasteiger partial charge in [0.15, 0.2) is 18.4 Å². The highest BCUT2D eigenvalue weighted by Gasteiger charge is 2.54. The third kappa shape index (κ3) is 5.73. The van der Waals surface area contributed by atoms with Gasteiger partial charge in [-0.25, -0.2) is 4.99 Å². The van der Waals surface area contributed by atoms with Crippen molar-refractivity contribution < 1.29 is 0 Å². The van der Waals surface area contributed by atoms with Gasteiger partial charge in [0.2, 0.25) is 0 Å². The Morgan fingerprint density at radius 3 is 1.17 bits per heavy atom. The van der Waals surface area contributed by atoms with Crippen LogP contribution in [0.2, 0.25) is 0 Å². The zero-order valence-corrected chi connectivity index (χ0v) is 25.1. The summed E-state index contributed by atoms with van der Waals surface area (Å²) in [6.45, 7) is 0. The van der Waals surface area contributed by atoms with Gasteiger partial charge < -0.3 is 9.80 Å². The van der Waals surface area contributed by atoms with Gasteiger partial charge in [-0.15, -0.1) is 0 Å². The standard InChI is InChI=1S/C37H37N3P/c1-39(2)37(40(3)4)36(35(30-20-10-5-11-21-30)38-31-22-12-6-13-23-31)41(32-24-14-7-15-25-32,33-26-16-8-17-27-33)34-28-18-9-19-29-34/h5-29H,1-4H3/q+1. The average molecular weight is 555 g/mol. The van der Waals surface area contributed by atoms with Crippen molar-refractivity contribution in [3.8, 4) is 0 Å². The van der Waals surface area contributed by atoms with Gasteiger partial charge in [-0.3, -0.25) is 0 Å². The van der Waals surface area contributed by atoms with Crippen molar-refractivity contribution >= 4 is 34.6 Å². The molecule has 0 aromatic heterocycles. The van der Waals surface area contributed by atoms with Gasteiger partial charge >= 0.3 is 0 Å². The molecule has 0 saturated heterocycles. The van der Waals surface area contributed by atoms with Gasteiger partial charge in [-0.05, 0) is 48.5 Å². The summed E-state index contributed by atoms with van der Waals surface area (Å²) in [6, 6.07) is 54.0. The number of nitrogens with zero attached hydrogens (tertiary/aromatic N) is 3. The van der Waals surface area contributed by atoms with Gasteiger partial charge in [0, 0.05) is 33.8 Å². The van der Waals surface area contributed by atoms with Gasteiger partial charge in [-0.1, -0.05) is 103 Å². The van der Waals surface area contributed by atoms with E-state index in [9.17, 15) is 0 Å². The normalized spacial score (nSPS) is 11.6. The Labute approximate surface area is 245 Å². The highest BCUT2D eigenvalue weighted by atomic mass is 31.2. The third-order valence-corrected chi connectivity index (χ3v) is 11.4. The van der Waals surface area contributed by atoms with Crippen LogP contribution in [-0.4, -0.2) is 43.7 Å². The molecule has 0 atom stereocenters. The van der Waals surface area contributed by atoms with Crippen LogP contribution in [0.15, 0.2) is 168 Å². The predicted octanol–water partition coefficient (Wildman–Crippen LogP) is 7.09. The minimum absolute atomic E-state index is 0.924. The number of aliphatic imine (C=N–C) groups is 1. The number of rotatable bonds is 9. The number of para-hydroxylation sites is 1. The molecule has 0 unspecified atom stereocenters. The van der Waals surface area contributed by atoms with E-state index in [0.717, 1.165) is 22.8 Å². The summed E-state index contributed by atoms with van der Waals surface area (Å²) in [5.41, 5.74) is 2.98. The topological polar surface area (TPSA) is 18.8 Å². The van der Waals surface area contributed by atoms with Crippen LogP contribution in [0.1, 0.15) is 5.56 Å². The van der Waals surface area contributed by atoms with Crippen molar-refractivity contribution in [3.05, 3.63) is 168 Å². The molecule has 0 aliphatic rings. The van der Waals surface area contributed by atoms with Crippen LogP contribution in [0.4, 0.5) is 5.69 Å². The lowest BCUT2D eigenvalue weighted by molar-refractivity contribution is 0.342. The van der Waals surface area contributed by atoms with E-state index in [2.05, 4.69) is 184 Å². The van der Waals surface area contributed by atoms with Crippen molar-refractivity contribution in [3.63, 3.8) is 0 Å². The van der Waals surface area contributed by atoms with E-state index in [0.29, 0.717) is 0 Å². The molecule has 0 aliphatic carbocycles. The maximum Gasteiger partial charge on any atom is 0.176 e. The Balaban J connectivity index is 2.06. The summed E-state index contributed by atoms with van der Waals surface area (Å²) < 4.78 is 0. The quantitative estimate of drug-likeness (QED) is 0.143. The molecule has 0 saturated carbocycles. The molecular weight excluding hydrogens is 517 g/mol. The highest BCUT2D eigenvalue weighted by Crippen LogP contribution is 2.64. The van der Waals surface area contributed by atoms with E-state index in [1.165, 1.54) is 21.2 Å². The molecule has 0 bridgehead atoms. The molecule has 5 aromatic carbocycles. The van der Waals surface area contributed by atoms with E-state index >= 15 is 0 Å². The van der Waals surface area contributed by atoms with Crippen LogP contribution in [-0.2, 0) is 0 Å². The second-order valence-corrected chi connectivity index (χ2v) is 13.6. The fraction of sp³-hybridized carbons (Fsp3) is 0.108. The molecule has 3 nitrogen and oxygen atoms in total. The van der Waals surface area contributed by atoms with Crippen LogP contribution < -0.4 is 15.9 Å². The van der Waals surface area contributed by atoms with Crippen LogP contribution in [0.5, 0.6) is 0 Å². The first-order valence-electron chi connectivity index (χ1n) is 13.9. The average Bonchev–Trinajstić information content (AvgIpc) is 3.02. The molecule has 5 aromatic rings. The molecule has 4 heteroatoms. The smallest absolute Gasteiger partial charge is 0.176 e. The van der Waals surface area contributed by atoms with E-state index < -0.39 is 7.26 Å². The lowest BCUT2D eigenvalue weighted by atomic mass is 10.1. The molecule has 204 valence electrons. The van der Waals surface area contributed by atoms with Crippen molar-refractivity contribution in [1.29, 1.82) is 0 Å². The largest absolute Gasteiger partial charge is 0.361 e. The molecule has 0 heterocycles. The maximum absolute atomic E-state index is 5.49. The summed E-state index contributed by atoms with van der Waals surface area (Å²) in [5.74, 6) is 1.12. The molecule has 0 radical (unpaired) electrons. The minimum Gasteiger partial charge on any atom is -0.361 e. The van der Waals surface area contributed by atoms with Crippen LogP contribution in [0, 0.1) is 0 Å². The molecule has 0 N–H and O–H groups in total. The number of hydrogen-bond acceptors (Lipinski definition) is 3. The zero-order chi connectivity index (χ0) is 28.7. The Kier molecular flexibility index (Phi) is 8.77. The summed E-state index contributed by atoms with van der Waals surface area (Å²) in [5, 5.41) is 5.06. The molecular formula is C37H37N3P+. The van der Waals surface area contributed by atoms with Crippen molar-refractivity contribution in [2.24, 2.45) is 4.99 Å². The predicted molar refractivity (Wildman–Crippen MR) is 179 cm³/mol. The Bertz CT molecular complexity index is 1490. The molecule has 0 fully saturated rings. The summed E-state index contributed by atoms with van der Waals surface area (Å²) in [6.07, 6.45) is 0. The lowest BCUT2D eigenvalue weighted by Gasteiger charge is -2.35. The second kappa shape index (κ2) is 12.8. The molecule has 5 rings (SSSR count). The monoisotopic (exact) mass is 554 g/mol.